The van der Waals surface area contributed by atoms with E-state index < -0.39 is 5.60 Å². The van der Waals surface area contributed by atoms with Gasteiger partial charge in [-0.25, -0.2) is 4.79 Å². The number of nitrogens with one attached hydrogen (secondary N) is 1. The van der Waals surface area contributed by atoms with E-state index in [1.807, 2.05) is 62.8 Å². The summed E-state index contributed by atoms with van der Waals surface area (Å²) < 4.78 is 7.39. The molecule has 3 rings (SSSR count). The molecule has 1 saturated heterocycles. The maximum atomic E-state index is 12.4. The number of ether oxygens (including phenoxy) is 1. The smallest absolute Gasteiger partial charge is 0.410 e. The Morgan fingerprint density at radius 2 is 2.00 bits per heavy atom. The summed E-state index contributed by atoms with van der Waals surface area (Å²) in [5.74, 6) is 0. The highest BCUT2D eigenvalue weighted by atomic mass is 16.6. The van der Waals surface area contributed by atoms with E-state index in [9.17, 15) is 4.79 Å². The second kappa shape index (κ2) is 6.88. The number of benzene rings is 1. The third-order valence-electron chi connectivity index (χ3n) is 4.17. The number of hydrogen-bond donors (Lipinski definition) is 1. The highest BCUT2D eigenvalue weighted by Crippen LogP contribution is 2.24. The molecule has 1 fully saturated rings. The van der Waals surface area contributed by atoms with Gasteiger partial charge in [-0.15, -0.1) is 0 Å². The zero-order valence-electron chi connectivity index (χ0n) is 15.3. The summed E-state index contributed by atoms with van der Waals surface area (Å²) in [7, 11) is 1.94. The van der Waals surface area contributed by atoms with E-state index >= 15 is 0 Å². The number of aryl methyl sites for hydroxylation is 1. The fourth-order valence-corrected chi connectivity index (χ4v) is 3.00. The van der Waals surface area contributed by atoms with Crippen LogP contribution in [0.5, 0.6) is 0 Å². The molecule has 0 aliphatic carbocycles. The van der Waals surface area contributed by atoms with Gasteiger partial charge in [0.15, 0.2) is 0 Å². The minimum Gasteiger partial charge on any atom is -0.444 e. The molecule has 25 heavy (non-hydrogen) atoms. The van der Waals surface area contributed by atoms with Crippen LogP contribution in [0.1, 0.15) is 32.5 Å². The van der Waals surface area contributed by atoms with Gasteiger partial charge in [0.2, 0.25) is 0 Å². The highest BCUT2D eigenvalue weighted by Gasteiger charge is 2.29. The first-order valence-corrected chi connectivity index (χ1v) is 8.64. The number of amides is 1. The molecule has 2 aromatic rings. The quantitative estimate of drug-likeness (QED) is 0.911. The molecule has 1 aliphatic heterocycles. The van der Waals surface area contributed by atoms with E-state index in [0.717, 1.165) is 23.5 Å². The monoisotopic (exact) mass is 342 g/mol. The van der Waals surface area contributed by atoms with E-state index in [1.165, 1.54) is 0 Å². The molecule has 1 atom stereocenters. The van der Waals surface area contributed by atoms with Gasteiger partial charge >= 0.3 is 6.09 Å². The van der Waals surface area contributed by atoms with Crippen molar-refractivity contribution in [3.63, 3.8) is 0 Å². The first-order chi connectivity index (χ1) is 11.8. The Balaban J connectivity index is 1.76. The van der Waals surface area contributed by atoms with Gasteiger partial charge in [-0.1, -0.05) is 30.3 Å². The van der Waals surface area contributed by atoms with E-state index in [4.69, 9.17) is 4.74 Å². The Morgan fingerprint density at radius 3 is 2.68 bits per heavy atom. The van der Waals surface area contributed by atoms with Crippen molar-refractivity contribution in [2.24, 2.45) is 7.05 Å². The second-order valence-corrected chi connectivity index (χ2v) is 7.38. The van der Waals surface area contributed by atoms with Crippen LogP contribution in [-0.4, -0.2) is 46.0 Å². The first kappa shape index (κ1) is 17.5. The van der Waals surface area contributed by atoms with Crippen LogP contribution in [-0.2, 0) is 11.8 Å². The van der Waals surface area contributed by atoms with Crippen LogP contribution < -0.4 is 5.32 Å². The SMILES string of the molecule is Cn1nc(-c2ccccc2)cc1C1CN(C(=O)OC(C)(C)C)CCN1. The molecule has 1 N–H and O–H groups in total. The molecule has 0 radical (unpaired) electrons. The molecule has 6 heteroatoms. The van der Waals surface area contributed by atoms with Crippen molar-refractivity contribution in [3.05, 3.63) is 42.1 Å². The van der Waals surface area contributed by atoms with Crippen LogP contribution in [0.3, 0.4) is 0 Å². The molecule has 1 aromatic carbocycles. The predicted octanol–water partition coefficient (Wildman–Crippen LogP) is 2.97. The van der Waals surface area contributed by atoms with Gasteiger partial charge < -0.3 is 15.0 Å². The van der Waals surface area contributed by atoms with Crippen LogP contribution in [0.15, 0.2) is 36.4 Å². The topological polar surface area (TPSA) is 59.4 Å². The number of nitrogens with zero attached hydrogens (tertiary/aromatic N) is 3. The molecule has 2 heterocycles. The zero-order valence-corrected chi connectivity index (χ0v) is 15.3. The van der Waals surface area contributed by atoms with Crippen LogP contribution in [0.25, 0.3) is 11.3 Å². The van der Waals surface area contributed by atoms with Crippen LogP contribution >= 0.6 is 0 Å². The third-order valence-corrected chi connectivity index (χ3v) is 4.17. The van der Waals surface area contributed by atoms with Crippen LogP contribution in [0.4, 0.5) is 4.79 Å². The van der Waals surface area contributed by atoms with Crippen molar-refractivity contribution in [2.75, 3.05) is 19.6 Å². The molecule has 1 unspecified atom stereocenters. The summed E-state index contributed by atoms with van der Waals surface area (Å²) in [6.07, 6.45) is -0.260. The molecule has 1 aliphatic rings. The van der Waals surface area contributed by atoms with Gasteiger partial charge in [0, 0.05) is 32.2 Å². The number of carbonyl (C=O) groups excluding carboxylic acids is 1. The number of hydrogen-bond acceptors (Lipinski definition) is 4. The minimum absolute atomic E-state index is 0.0382. The zero-order chi connectivity index (χ0) is 18.0. The number of aromatic nitrogens is 2. The Kier molecular flexibility index (Phi) is 4.81. The molecule has 0 bridgehead atoms. The number of piperazine rings is 1. The Labute approximate surface area is 148 Å². The van der Waals surface area contributed by atoms with Gasteiger partial charge in [0.05, 0.1) is 17.4 Å². The van der Waals surface area contributed by atoms with Crippen molar-refractivity contribution >= 4 is 6.09 Å². The van der Waals surface area contributed by atoms with Crippen molar-refractivity contribution in [1.82, 2.24) is 20.0 Å². The summed E-state index contributed by atoms with van der Waals surface area (Å²) >= 11 is 0. The fraction of sp³-hybridized carbons (Fsp3) is 0.474. The first-order valence-electron chi connectivity index (χ1n) is 8.64. The molecule has 6 nitrogen and oxygen atoms in total. The van der Waals surface area contributed by atoms with Gasteiger partial charge in [-0.2, -0.15) is 5.10 Å². The lowest BCUT2D eigenvalue weighted by Gasteiger charge is -2.34. The van der Waals surface area contributed by atoms with Gasteiger partial charge in [0.25, 0.3) is 0 Å². The fourth-order valence-electron chi connectivity index (χ4n) is 3.00. The second-order valence-electron chi connectivity index (χ2n) is 7.38. The normalized spacial score (nSPS) is 18.2. The van der Waals surface area contributed by atoms with Crippen LogP contribution in [0.2, 0.25) is 0 Å². The van der Waals surface area contributed by atoms with E-state index in [2.05, 4.69) is 16.5 Å². The number of carbonyl (C=O) groups is 1. The molecule has 1 amide bonds. The summed E-state index contributed by atoms with van der Waals surface area (Å²) in [6, 6.07) is 12.2. The Hall–Kier alpha value is -2.34. The summed E-state index contributed by atoms with van der Waals surface area (Å²) in [6.45, 7) is 7.61. The predicted molar refractivity (Wildman–Crippen MR) is 97.2 cm³/mol. The average Bonchev–Trinajstić information content (AvgIpc) is 2.96. The van der Waals surface area contributed by atoms with Crippen molar-refractivity contribution in [1.29, 1.82) is 0 Å². The third kappa shape index (κ3) is 4.20. The van der Waals surface area contributed by atoms with Crippen molar-refractivity contribution in [2.45, 2.75) is 32.4 Å². The average molecular weight is 342 g/mol. The maximum Gasteiger partial charge on any atom is 0.410 e. The largest absolute Gasteiger partial charge is 0.444 e. The highest BCUT2D eigenvalue weighted by molar-refractivity contribution is 5.68. The molecular formula is C19H26N4O2. The molecule has 134 valence electrons. The van der Waals surface area contributed by atoms with E-state index in [0.29, 0.717) is 13.1 Å². The molecule has 0 saturated carbocycles. The molecule has 1 aromatic heterocycles. The van der Waals surface area contributed by atoms with Gasteiger partial charge in [-0.05, 0) is 26.8 Å². The van der Waals surface area contributed by atoms with E-state index in [1.54, 1.807) is 4.90 Å². The lowest BCUT2D eigenvalue weighted by Crippen LogP contribution is -2.50. The molecule has 0 spiro atoms. The summed E-state index contributed by atoms with van der Waals surface area (Å²) in [5, 5.41) is 8.11. The van der Waals surface area contributed by atoms with Gasteiger partial charge in [-0.3, -0.25) is 4.68 Å². The van der Waals surface area contributed by atoms with Crippen molar-refractivity contribution < 1.29 is 9.53 Å². The minimum atomic E-state index is -0.482. The lowest BCUT2D eigenvalue weighted by atomic mass is 10.1. The molecular weight excluding hydrogens is 316 g/mol. The summed E-state index contributed by atoms with van der Waals surface area (Å²) in [5.41, 5.74) is 2.61. The van der Waals surface area contributed by atoms with Gasteiger partial charge in [0.1, 0.15) is 5.60 Å². The van der Waals surface area contributed by atoms with Crippen LogP contribution in [0, 0.1) is 0 Å². The van der Waals surface area contributed by atoms with E-state index in [-0.39, 0.29) is 12.1 Å². The van der Waals surface area contributed by atoms with Crippen molar-refractivity contribution in [3.8, 4) is 11.3 Å². The maximum absolute atomic E-state index is 12.4. The Morgan fingerprint density at radius 1 is 1.28 bits per heavy atom. The summed E-state index contributed by atoms with van der Waals surface area (Å²) in [4.78, 5) is 14.1. The number of rotatable bonds is 2. The Bertz CT molecular complexity index is 734. The lowest BCUT2D eigenvalue weighted by molar-refractivity contribution is 0.0192. The standard InChI is InChI=1S/C19H26N4O2/c1-19(2,3)25-18(24)23-11-10-20-16(13-23)17-12-15(21-22(17)4)14-8-6-5-7-9-14/h5-9,12,16,20H,10-11,13H2,1-4H3.